The number of ether oxygens (including phenoxy) is 1. The summed E-state index contributed by atoms with van der Waals surface area (Å²) in [4.78, 5) is 15.2. The first-order valence-corrected chi connectivity index (χ1v) is 8.53. The van der Waals surface area contributed by atoms with Gasteiger partial charge in [-0.05, 0) is 43.2 Å². The van der Waals surface area contributed by atoms with E-state index in [-0.39, 0.29) is 11.5 Å². The third kappa shape index (κ3) is 2.21. The Morgan fingerprint density at radius 1 is 1.17 bits per heavy atom. The zero-order valence-electron chi connectivity index (χ0n) is 13.1. The van der Waals surface area contributed by atoms with Gasteiger partial charge in [-0.25, -0.2) is 0 Å². The first kappa shape index (κ1) is 14.3. The number of nitrogens with zero attached hydrogens (tertiary/aromatic N) is 1. The summed E-state index contributed by atoms with van der Waals surface area (Å²) in [5, 5.41) is 2.71. The molecule has 0 radical (unpaired) electrons. The topological polar surface area (TPSA) is 29.5 Å². The minimum absolute atomic E-state index is 0.0706. The van der Waals surface area contributed by atoms with Crippen LogP contribution in [0.2, 0.25) is 0 Å². The van der Waals surface area contributed by atoms with Gasteiger partial charge in [0.05, 0.1) is 7.11 Å². The van der Waals surface area contributed by atoms with Crippen molar-refractivity contribution in [3.8, 4) is 5.75 Å². The molecule has 0 saturated heterocycles. The zero-order chi connectivity index (χ0) is 16.0. The van der Waals surface area contributed by atoms with Gasteiger partial charge in [-0.15, -0.1) is 11.3 Å². The Hall–Kier alpha value is -2.33. The summed E-state index contributed by atoms with van der Waals surface area (Å²) < 4.78 is 6.26. The minimum Gasteiger partial charge on any atom is -0.497 e. The van der Waals surface area contributed by atoms with E-state index in [4.69, 9.17) is 4.74 Å². The highest BCUT2D eigenvalue weighted by Gasteiger charge is 2.28. The molecule has 1 atom stereocenters. The Bertz CT molecular complexity index is 947. The van der Waals surface area contributed by atoms with Gasteiger partial charge in [0.25, 0.3) is 0 Å². The van der Waals surface area contributed by atoms with Crippen LogP contribution in [0.4, 0.5) is 11.4 Å². The summed E-state index contributed by atoms with van der Waals surface area (Å²) in [6.07, 6.45) is 0.969. The van der Waals surface area contributed by atoms with E-state index in [1.54, 1.807) is 18.4 Å². The van der Waals surface area contributed by atoms with Crippen molar-refractivity contribution < 1.29 is 4.74 Å². The van der Waals surface area contributed by atoms with Crippen LogP contribution < -0.4 is 15.1 Å². The maximum absolute atomic E-state index is 13.0. The summed E-state index contributed by atoms with van der Waals surface area (Å²) >= 11 is 1.60. The van der Waals surface area contributed by atoms with Crippen LogP contribution in [0, 0.1) is 0 Å². The number of anilines is 2. The number of hydrogen-bond acceptors (Lipinski definition) is 4. The van der Waals surface area contributed by atoms with Crippen LogP contribution in [0.3, 0.4) is 0 Å². The first-order chi connectivity index (χ1) is 11.2. The lowest BCUT2D eigenvalue weighted by Crippen LogP contribution is -2.28. The van der Waals surface area contributed by atoms with Gasteiger partial charge < -0.3 is 9.64 Å². The highest BCUT2D eigenvalue weighted by atomic mass is 32.1. The van der Waals surface area contributed by atoms with E-state index in [0.29, 0.717) is 5.75 Å². The molecular weight excluding hydrogens is 306 g/mol. The largest absolute Gasteiger partial charge is 0.497 e. The van der Waals surface area contributed by atoms with Crippen molar-refractivity contribution in [2.24, 2.45) is 0 Å². The van der Waals surface area contributed by atoms with Crippen molar-refractivity contribution >= 4 is 32.8 Å². The predicted octanol–water partition coefficient (Wildman–Crippen LogP) is 4.35. The second-order valence-corrected chi connectivity index (χ2v) is 6.78. The third-order valence-corrected chi connectivity index (χ3v) is 5.38. The average molecular weight is 323 g/mol. The Labute approximate surface area is 138 Å². The van der Waals surface area contributed by atoms with Crippen molar-refractivity contribution in [2.75, 3.05) is 12.0 Å². The second kappa shape index (κ2) is 5.39. The molecule has 0 aliphatic carbocycles. The van der Waals surface area contributed by atoms with E-state index in [0.717, 1.165) is 27.9 Å². The molecule has 0 bridgehead atoms. The van der Waals surface area contributed by atoms with Crippen molar-refractivity contribution in [3.05, 3.63) is 63.6 Å². The highest BCUT2D eigenvalue weighted by Crippen LogP contribution is 2.38. The van der Waals surface area contributed by atoms with Gasteiger partial charge in [-0.2, -0.15) is 0 Å². The molecule has 0 spiro atoms. The Morgan fingerprint density at radius 2 is 2.00 bits per heavy atom. The highest BCUT2D eigenvalue weighted by molar-refractivity contribution is 7.16. The normalized spacial score (nSPS) is 16.6. The van der Waals surface area contributed by atoms with E-state index in [1.165, 1.54) is 5.56 Å². The monoisotopic (exact) mass is 323 g/mol. The van der Waals surface area contributed by atoms with Crippen molar-refractivity contribution in [3.63, 3.8) is 0 Å². The van der Waals surface area contributed by atoms with Crippen molar-refractivity contribution in [1.82, 2.24) is 0 Å². The number of fused-ring (bicyclic) bond motifs is 2. The Morgan fingerprint density at radius 3 is 2.83 bits per heavy atom. The number of para-hydroxylation sites is 1. The van der Waals surface area contributed by atoms with Crippen LogP contribution in [0.5, 0.6) is 5.75 Å². The maximum Gasteiger partial charge on any atom is 0.211 e. The van der Waals surface area contributed by atoms with E-state index in [2.05, 4.69) is 30.0 Å². The van der Waals surface area contributed by atoms with Gasteiger partial charge >= 0.3 is 0 Å². The molecule has 0 unspecified atom stereocenters. The molecule has 2 heterocycles. The van der Waals surface area contributed by atoms with Crippen LogP contribution in [-0.2, 0) is 6.42 Å². The van der Waals surface area contributed by atoms with Gasteiger partial charge in [0, 0.05) is 27.2 Å². The number of methoxy groups -OCH3 is 1. The standard InChI is InChI=1S/C19H17NO2S/c1-12-9-13-5-3-4-6-16(13)20(12)17-11-23-18-8-7-14(22-2)10-15(18)19(17)21/h3-8,10-12H,9H2,1-2H3/t12-/m0/s1. The molecule has 3 aromatic rings. The summed E-state index contributed by atoms with van der Waals surface area (Å²) in [7, 11) is 1.62. The Balaban J connectivity index is 1.93. The van der Waals surface area contributed by atoms with Crippen molar-refractivity contribution in [1.29, 1.82) is 0 Å². The molecule has 1 aromatic heterocycles. The van der Waals surface area contributed by atoms with E-state index >= 15 is 0 Å². The number of rotatable bonds is 2. The van der Waals surface area contributed by atoms with Gasteiger partial charge in [0.2, 0.25) is 5.43 Å². The lowest BCUT2D eigenvalue weighted by Gasteiger charge is -2.24. The number of benzene rings is 2. The van der Waals surface area contributed by atoms with Crippen LogP contribution in [0.1, 0.15) is 12.5 Å². The fraction of sp³-hybridized carbons (Fsp3) is 0.211. The molecule has 116 valence electrons. The van der Waals surface area contributed by atoms with E-state index in [1.807, 2.05) is 29.6 Å². The summed E-state index contributed by atoms with van der Waals surface area (Å²) in [6, 6.07) is 14.3. The van der Waals surface area contributed by atoms with Crippen LogP contribution in [-0.4, -0.2) is 13.2 Å². The predicted molar refractivity (Wildman–Crippen MR) is 96.4 cm³/mol. The fourth-order valence-corrected chi connectivity index (χ4v) is 4.21. The SMILES string of the molecule is COc1ccc2scc(N3c4ccccc4C[C@@H]3C)c(=O)c2c1. The summed E-state index contributed by atoms with van der Waals surface area (Å²) in [6.45, 7) is 2.17. The van der Waals surface area contributed by atoms with Gasteiger partial charge in [-0.1, -0.05) is 18.2 Å². The second-order valence-electron chi connectivity index (χ2n) is 5.86. The minimum atomic E-state index is 0.0706. The molecule has 0 saturated carbocycles. The molecule has 23 heavy (non-hydrogen) atoms. The first-order valence-electron chi connectivity index (χ1n) is 7.65. The molecule has 3 nitrogen and oxygen atoms in total. The van der Waals surface area contributed by atoms with Crippen LogP contribution >= 0.6 is 11.3 Å². The molecule has 4 heteroatoms. The van der Waals surface area contributed by atoms with Crippen LogP contribution in [0.25, 0.3) is 10.1 Å². The summed E-state index contributed by atoms with van der Waals surface area (Å²) in [5.74, 6) is 0.717. The van der Waals surface area contributed by atoms with Crippen LogP contribution in [0.15, 0.2) is 52.6 Å². The fourth-order valence-electron chi connectivity index (χ4n) is 3.33. The van der Waals surface area contributed by atoms with Gasteiger partial charge in [-0.3, -0.25) is 4.79 Å². The molecule has 0 N–H and O–H groups in total. The molecule has 1 aliphatic rings. The Kier molecular flexibility index (Phi) is 3.34. The third-order valence-electron chi connectivity index (χ3n) is 4.43. The molecule has 0 fully saturated rings. The maximum atomic E-state index is 13.0. The quantitative estimate of drug-likeness (QED) is 0.702. The van der Waals surface area contributed by atoms with Crippen molar-refractivity contribution in [2.45, 2.75) is 19.4 Å². The average Bonchev–Trinajstić information content (AvgIpc) is 2.91. The zero-order valence-corrected chi connectivity index (χ0v) is 13.9. The van der Waals surface area contributed by atoms with Gasteiger partial charge in [0.15, 0.2) is 0 Å². The summed E-state index contributed by atoms with van der Waals surface area (Å²) in [5.41, 5.74) is 3.27. The molecule has 0 amide bonds. The molecule has 1 aliphatic heterocycles. The van der Waals surface area contributed by atoms with E-state index in [9.17, 15) is 4.79 Å². The lowest BCUT2D eigenvalue weighted by atomic mass is 10.1. The molecule has 2 aromatic carbocycles. The number of hydrogen-bond donors (Lipinski definition) is 0. The molecule has 4 rings (SSSR count). The van der Waals surface area contributed by atoms with E-state index < -0.39 is 0 Å². The molecular formula is C19H17NO2S. The lowest BCUT2D eigenvalue weighted by molar-refractivity contribution is 0.415. The van der Waals surface area contributed by atoms with Gasteiger partial charge in [0.1, 0.15) is 11.4 Å². The smallest absolute Gasteiger partial charge is 0.211 e.